The summed E-state index contributed by atoms with van der Waals surface area (Å²) in [5.41, 5.74) is 9.25. The number of amides is 1. The number of hydrogen-bond donors (Lipinski definition) is 1. The third-order valence-electron chi connectivity index (χ3n) is 5.00. The number of halogens is 1. The van der Waals surface area contributed by atoms with Crippen LogP contribution in [0.3, 0.4) is 0 Å². The first-order valence-electron chi connectivity index (χ1n) is 8.52. The van der Waals surface area contributed by atoms with E-state index in [0.29, 0.717) is 30.8 Å². The first-order chi connectivity index (χ1) is 12.2. The number of rotatable bonds is 3. The van der Waals surface area contributed by atoms with Crippen LogP contribution in [0.5, 0.6) is 0 Å². The van der Waals surface area contributed by atoms with Gasteiger partial charge in [0.05, 0.1) is 6.20 Å². The summed E-state index contributed by atoms with van der Waals surface area (Å²) in [6, 6.07) is 12.2. The molecule has 136 valence electrons. The van der Waals surface area contributed by atoms with Crippen molar-refractivity contribution in [3.8, 4) is 0 Å². The number of aromatic nitrogens is 3. The highest BCUT2D eigenvalue weighted by Gasteiger charge is 2.36. The molecule has 3 aromatic rings. The normalized spacial score (nSPS) is 19.5. The Morgan fingerprint density at radius 2 is 2.00 bits per heavy atom. The first-order valence-corrected chi connectivity index (χ1v) is 8.52. The van der Waals surface area contributed by atoms with Crippen LogP contribution in [0.25, 0.3) is 5.65 Å². The average Bonchev–Trinajstić information content (AvgIpc) is 3.25. The minimum absolute atomic E-state index is 0. The third kappa shape index (κ3) is 3.18. The molecule has 0 unspecified atom stereocenters. The van der Waals surface area contributed by atoms with Gasteiger partial charge in [0.15, 0.2) is 5.65 Å². The van der Waals surface area contributed by atoms with Gasteiger partial charge in [-0.15, -0.1) is 12.4 Å². The van der Waals surface area contributed by atoms with E-state index in [1.54, 1.807) is 10.7 Å². The monoisotopic (exact) mass is 371 g/mol. The van der Waals surface area contributed by atoms with Crippen LogP contribution >= 0.6 is 12.4 Å². The molecule has 0 radical (unpaired) electrons. The lowest BCUT2D eigenvalue weighted by atomic mass is 9.89. The van der Waals surface area contributed by atoms with Gasteiger partial charge in [-0.3, -0.25) is 4.79 Å². The Balaban J connectivity index is 0.00000196. The zero-order chi connectivity index (χ0) is 17.4. The molecule has 0 saturated carbocycles. The van der Waals surface area contributed by atoms with E-state index in [4.69, 9.17) is 5.73 Å². The van der Waals surface area contributed by atoms with E-state index in [-0.39, 0.29) is 30.2 Å². The van der Waals surface area contributed by atoms with Crippen molar-refractivity contribution in [3.63, 3.8) is 0 Å². The number of hydrogen-bond acceptors (Lipinski definition) is 4. The maximum atomic E-state index is 13.1. The maximum Gasteiger partial charge on any atom is 0.259 e. The van der Waals surface area contributed by atoms with Crippen molar-refractivity contribution in [1.29, 1.82) is 0 Å². The Hall–Kier alpha value is -2.44. The van der Waals surface area contributed by atoms with Crippen molar-refractivity contribution in [2.24, 2.45) is 11.7 Å². The van der Waals surface area contributed by atoms with Crippen molar-refractivity contribution >= 4 is 24.0 Å². The van der Waals surface area contributed by atoms with E-state index in [1.807, 2.05) is 42.3 Å². The van der Waals surface area contributed by atoms with E-state index >= 15 is 0 Å². The molecule has 1 aromatic carbocycles. The molecule has 1 saturated heterocycles. The van der Waals surface area contributed by atoms with Gasteiger partial charge in [0, 0.05) is 30.9 Å². The lowest BCUT2D eigenvalue weighted by Crippen LogP contribution is -2.29. The molecule has 3 heterocycles. The molecule has 1 amide bonds. The second kappa shape index (κ2) is 7.43. The Bertz CT molecular complexity index is 911. The Labute approximate surface area is 158 Å². The minimum Gasteiger partial charge on any atom is -0.338 e. The SMILES string of the molecule is Cc1ccn2ncc(C(=O)N3C[C@@H](CN)[C@H](c4ccccc4)C3)c2n1.Cl. The maximum absolute atomic E-state index is 13.1. The molecule has 4 rings (SSSR count). The van der Waals surface area contributed by atoms with Crippen LogP contribution in [0.1, 0.15) is 27.5 Å². The Morgan fingerprint density at radius 3 is 2.73 bits per heavy atom. The van der Waals surface area contributed by atoms with E-state index in [0.717, 1.165) is 5.69 Å². The predicted octanol–water partition coefficient (Wildman–Crippen LogP) is 2.27. The number of aryl methyl sites for hydroxylation is 1. The Kier molecular flexibility index (Phi) is 5.25. The third-order valence-corrected chi connectivity index (χ3v) is 5.00. The van der Waals surface area contributed by atoms with Crippen LogP contribution in [-0.4, -0.2) is 45.0 Å². The second-order valence-corrected chi connectivity index (χ2v) is 6.62. The fraction of sp³-hybridized carbons (Fsp3) is 0.316. The molecule has 2 atom stereocenters. The van der Waals surface area contributed by atoms with Crippen molar-refractivity contribution in [3.05, 3.63) is 65.6 Å². The van der Waals surface area contributed by atoms with Crippen LogP contribution < -0.4 is 5.73 Å². The molecule has 2 N–H and O–H groups in total. The van der Waals surface area contributed by atoms with Crippen LogP contribution in [0.4, 0.5) is 0 Å². The molecule has 0 bridgehead atoms. The summed E-state index contributed by atoms with van der Waals surface area (Å²) in [6.45, 7) is 3.81. The fourth-order valence-electron chi connectivity index (χ4n) is 3.63. The summed E-state index contributed by atoms with van der Waals surface area (Å²) in [5.74, 6) is 0.513. The molecule has 2 aromatic heterocycles. The van der Waals surface area contributed by atoms with Crippen molar-refractivity contribution < 1.29 is 4.79 Å². The van der Waals surface area contributed by atoms with Crippen LogP contribution in [0.2, 0.25) is 0 Å². The van der Waals surface area contributed by atoms with E-state index in [1.165, 1.54) is 5.56 Å². The number of nitrogens with zero attached hydrogens (tertiary/aromatic N) is 4. The van der Waals surface area contributed by atoms with Gasteiger partial charge in [0.2, 0.25) is 0 Å². The molecule has 6 nitrogen and oxygen atoms in total. The van der Waals surface area contributed by atoms with Crippen LogP contribution in [0.15, 0.2) is 48.8 Å². The molecule has 1 aliphatic heterocycles. The van der Waals surface area contributed by atoms with Gasteiger partial charge >= 0.3 is 0 Å². The molecule has 0 spiro atoms. The summed E-state index contributed by atoms with van der Waals surface area (Å²) in [7, 11) is 0. The quantitative estimate of drug-likeness (QED) is 0.766. The first kappa shape index (κ1) is 18.4. The van der Waals surface area contributed by atoms with E-state index < -0.39 is 0 Å². The fourth-order valence-corrected chi connectivity index (χ4v) is 3.63. The standard InChI is InChI=1S/C19H21N5O.ClH/c1-13-7-8-24-18(22-13)16(10-21-24)19(25)23-11-15(9-20)17(12-23)14-5-3-2-4-6-14;/h2-8,10,15,17H,9,11-12,20H2,1H3;1H/t15-,17+;/m1./s1. The van der Waals surface area contributed by atoms with Crippen molar-refractivity contribution in [2.45, 2.75) is 12.8 Å². The summed E-state index contributed by atoms with van der Waals surface area (Å²) < 4.78 is 1.64. The molecule has 0 aliphatic carbocycles. The van der Waals surface area contributed by atoms with Crippen LogP contribution in [0, 0.1) is 12.8 Å². The van der Waals surface area contributed by atoms with Gasteiger partial charge in [0.1, 0.15) is 5.56 Å². The summed E-state index contributed by atoms with van der Waals surface area (Å²) >= 11 is 0. The van der Waals surface area contributed by atoms with E-state index in [9.17, 15) is 4.79 Å². The smallest absolute Gasteiger partial charge is 0.259 e. The lowest BCUT2D eigenvalue weighted by Gasteiger charge is -2.16. The topological polar surface area (TPSA) is 76.5 Å². The summed E-state index contributed by atoms with van der Waals surface area (Å²) in [4.78, 5) is 19.4. The number of likely N-dealkylation sites (tertiary alicyclic amines) is 1. The van der Waals surface area contributed by atoms with Gasteiger partial charge in [0.25, 0.3) is 5.91 Å². The highest BCUT2D eigenvalue weighted by molar-refractivity contribution is 5.99. The van der Waals surface area contributed by atoms with Gasteiger partial charge in [-0.2, -0.15) is 5.10 Å². The largest absolute Gasteiger partial charge is 0.338 e. The minimum atomic E-state index is -0.0232. The van der Waals surface area contributed by atoms with Crippen molar-refractivity contribution in [2.75, 3.05) is 19.6 Å². The van der Waals surface area contributed by atoms with Gasteiger partial charge in [-0.1, -0.05) is 30.3 Å². The average molecular weight is 372 g/mol. The lowest BCUT2D eigenvalue weighted by molar-refractivity contribution is 0.0788. The number of nitrogens with two attached hydrogens (primary N) is 1. The molecule has 1 fully saturated rings. The number of carbonyl (C=O) groups excluding carboxylic acids is 1. The zero-order valence-electron chi connectivity index (χ0n) is 14.6. The Morgan fingerprint density at radius 1 is 1.23 bits per heavy atom. The number of benzene rings is 1. The number of carbonyl (C=O) groups is 1. The van der Waals surface area contributed by atoms with Gasteiger partial charge in [-0.25, -0.2) is 9.50 Å². The molecular formula is C19H22ClN5O. The van der Waals surface area contributed by atoms with Gasteiger partial charge in [-0.05, 0) is 31.0 Å². The number of fused-ring (bicyclic) bond motifs is 1. The zero-order valence-corrected chi connectivity index (χ0v) is 15.4. The molecule has 7 heteroatoms. The molecule has 1 aliphatic rings. The summed E-state index contributed by atoms with van der Waals surface area (Å²) in [6.07, 6.45) is 3.44. The second-order valence-electron chi connectivity index (χ2n) is 6.62. The van der Waals surface area contributed by atoms with Crippen LogP contribution in [-0.2, 0) is 0 Å². The predicted molar refractivity (Wildman–Crippen MR) is 103 cm³/mol. The van der Waals surface area contributed by atoms with Gasteiger partial charge < -0.3 is 10.6 Å². The highest BCUT2D eigenvalue weighted by atomic mass is 35.5. The summed E-state index contributed by atoms with van der Waals surface area (Å²) in [5, 5.41) is 4.25. The molecule has 26 heavy (non-hydrogen) atoms. The highest BCUT2D eigenvalue weighted by Crippen LogP contribution is 2.33. The van der Waals surface area contributed by atoms with E-state index in [2.05, 4.69) is 22.2 Å². The van der Waals surface area contributed by atoms with Crippen molar-refractivity contribution in [1.82, 2.24) is 19.5 Å². The molecular weight excluding hydrogens is 350 g/mol.